The summed E-state index contributed by atoms with van der Waals surface area (Å²) in [5.74, 6) is -0.163. The molecule has 1 unspecified atom stereocenters. The summed E-state index contributed by atoms with van der Waals surface area (Å²) in [7, 11) is 3.21. The van der Waals surface area contributed by atoms with Gasteiger partial charge in [0, 0.05) is 24.9 Å². The van der Waals surface area contributed by atoms with Crippen LogP contribution >= 0.6 is 0 Å². The van der Waals surface area contributed by atoms with Crippen molar-refractivity contribution >= 4 is 28.5 Å². The highest BCUT2D eigenvalue weighted by molar-refractivity contribution is 6.16. The van der Waals surface area contributed by atoms with E-state index >= 15 is 0 Å². The molecule has 0 spiro atoms. The molecule has 0 radical (unpaired) electrons. The predicted molar refractivity (Wildman–Crippen MR) is 76.2 cm³/mol. The van der Waals surface area contributed by atoms with Crippen molar-refractivity contribution in [3.8, 4) is 0 Å². The van der Waals surface area contributed by atoms with Gasteiger partial charge in [0.1, 0.15) is 5.69 Å². The van der Waals surface area contributed by atoms with E-state index in [2.05, 4.69) is 0 Å². The van der Waals surface area contributed by atoms with Gasteiger partial charge in [0.15, 0.2) is 5.78 Å². The fraction of sp³-hybridized carbons (Fsp3) is 0.333. The molecule has 0 saturated carbocycles. The summed E-state index contributed by atoms with van der Waals surface area (Å²) in [6.45, 7) is 2.19. The fourth-order valence-corrected chi connectivity index (χ4v) is 2.89. The molecule has 104 valence electrons. The molecule has 0 saturated heterocycles. The van der Waals surface area contributed by atoms with E-state index in [0.29, 0.717) is 17.9 Å². The third kappa shape index (κ3) is 1.56. The van der Waals surface area contributed by atoms with Gasteiger partial charge in [-0.2, -0.15) is 0 Å². The van der Waals surface area contributed by atoms with E-state index < -0.39 is 6.09 Å². The van der Waals surface area contributed by atoms with Gasteiger partial charge >= 0.3 is 6.09 Å². The number of benzene rings is 1. The highest BCUT2D eigenvalue weighted by atomic mass is 16.5. The van der Waals surface area contributed by atoms with E-state index in [9.17, 15) is 9.59 Å². The van der Waals surface area contributed by atoms with Crippen LogP contribution in [0.5, 0.6) is 0 Å². The summed E-state index contributed by atoms with van der Waals surface area (Å²) in [6, 6.07) is 7.69. The molecule has 3 rings (SSSR count). The number of methoxy groups -OCH3 is 1. The molecular weight excluding hydrogens is 256 g/mol. The zero-order valence-corrected chi connectivity index (χ0v) is 11.7. The Hall–Kier alpha value is -2.30. The number of amides is 1. The molecule has 1 aliphatic rings. The zero-order valence-electron chi connectivity index (χ0n) is 11.7. The summed E-state index contributed by atoms with van der Waals surface area (Å²) in [4.78, 5) is 26.0. The number of nitrogens with zero attached hydrogens (tertiary/aromatic N) is 2. The molecule has 2 aromatic rings. The molecule has 0 bridgehead atoms. The largest absolute Gasteiger partial charge is 0.452 e. The second kappa shape index (κ2) is 4.37. The molecule has 1 atom stereocenters. The summed E-state index contributed by atoms with van der Waals surface area (Å²) in [6.07, 6.45) is -0.429. The van der Waals surface area contributed by atoms with Gasteiger partial charge in [0.2, 0.25) is 0 Å². The smallest absolute Gasteiger partial charge is 0.414 e. The monoisotopic (exact) mass is 272 g/mol. The minimum atomic E-state index is -0.429. The molecule has 5 nitrogen and oxygen atoms in total. The van der Waals surface area contributed by atoms with Gasteiger partial charge in [-0.15, -0.1) is 0 Å². The van der Waals surface area contributed by atoms with Crippen molar-refractivity contribution in [1.29, 1.82) is 0 Å². The summed E-state index contributed by atoms with van der Waals surface area (Å²) >= 11 is 0. The van der Waals surface area contributed by atoms with Crippen LogP contribution in [-0.4, -0.2) is 30.1 Å². The lowest BCUT2D eigenvalue weighted by Crippen LogP contribution is -2.42. The van der Waals surface area contributed by atoms with E-state index in [0.717, 1.165) is 10.9 Å². The number of aromatic nitrogens is 1. The van der Waals surface area contributed by atoms with Crippen molar-refractivity contribution in [1.82, 2.24) is 4.57 Å². The Morgan fingerprint density at radius 1 is 1.35 bits per heavy atom. The molecule has 1 aromatic heterocycles. The second-order valence-corrected chi connectivity index (χ2v) is 5.12. The number of carbonyl (C=O) groups excluding carboxylic acids is 2. The van der Waals surface area contributed by atoms with Crippen molar-refractivity contribution in [3.05, 3.63) is 30.0 Å². The predicted octanol–water partition coefficient (Wildman–Crippen LogP) is 2.58. The molecule has 1 amide bonds. The Balaban J connectivity index is 2.35. The molecule has 1 aliphatic heterocycles. The number of para-hydroxylation sites is 1. The summed E-state index contributed by atoms with van der Waals surface area (Å²) < 4.78 is 6.71. The minimum absolute atomic E-state index is 0.0684. The van der Waals surface area contributed by atoms with Gasteiger partial charge in [-0.1, -0.05) is 25.1 Å². The number of aryl methyl sites for hydroxylation is 1. The van der Waals surface area contributed by atoms with Crippen LogP contribution in [0.2, 0.25) is 0 Å². The van der Waals surface area contributed by atoms with Crippen LogP contribution in [0.15, 0.2) is 24.3 Å². The van der Waals surface area contributed by atoms with E-state index in [-0.39, 0.29) is 11.7 Å². The first-order valence-corrected chi connectivity index (χ1v) is 6.53. The average molecular weight is 272 g/mol. The van der Waals surface area contributed by atoms with E-state index in [4.69, 9.17) is 4.74 Å². The molecule has 5 heteroatoms. The van der Waals surface area contributed by atoms with E-state index in [1.165, 1.54) is 7.11 Å². The van der Waals surface area contributed by atoms with E-state index in [1.807, 2.05) is 42.8 Å². The van der Waals surface area contributed by atoms with Gasteiger partial charge in [0.05, 0.1) is 18.3 Å². The maximum Gasteiger partial charge on any atom is 0.414 e. The SMILES string of the molecule is COC(=O)N1CC(C)C(=O)c2c1c1ccccc1n2C. The maximum absolute atomic E-state index is 12.5. The van der Waals surface area contributed by atoms with Crippen LogP contribution < -0.4 is 4.90 Å². The number of carbonyl (C=O) groups is 2. The highest BCUT2D eigenvalue weighted by Crippen LogP contribution is 2.38. The Labute approximate surface area is 116 Å². The number of ketones is 1. The molecule has 0 fully saturated rings. The van der Waals surface area contributed by atoms with Crippen LogP contribution in [0.3, 0.4) is 0 Å². The maximum atomic E-state index is 12.5. The normalized spacial score (nSPS) is 18.2. The Kier molecular flexibility index (Phi) is 2.78. The van der Waals surface area contributed by atoms with Gasteiger partial charge in [-0.25, -0.2) is 4.79 Å². The Morgan fingerprint density at radius 2 is 2.05 bits per heavy atom. The highest BCUT2D eigenvalue weighted by Gasteiger charge is 2.37. The first-order chi connectivity index (χ1) is 9.56. The minimum Gasteiger partial charge on any atom is -0.452 e. The zero-order chi connectivity index (χ0) is 14.4. The van der Waals surface area contributed by atoms with Crippen LogP contribution in [0.4, 0.5) is 10.5 Å². The van der Waals surface area contributed by atoms with Crippen LogP contribution in [-0.2, 0) is 11.8 Å². The Morgan fingerprint density at radius 3 is 2.75 bits per heavy atom. The fourth-order valence-electron chi connectivity index (χ4n) is 2.89. The standard InChI is InChI=1S/C15H16N2O3/c1-9-8-17(15(19)20-3)12-10-6-4-5-7-11(10)16(2)13(12)14(9)18/h4-7,9H,8H2,1-3H3. The number of anilines is 1. The number of ether oxygens (including phenoxy) is 1. The van der Waals surface area contributed by atoms with E-state index in [1.54, 1.807) is 4.90 Å². The first kappa shape index (κ1) is 12.7. The lowest BCUT2D eigenvalue weighted by molar-refractivity contribution is 0.0917. The van der Waals surface area contributed by atoms with Crippen molar-refractivity contribution in [2.45, 2.75) is 6.92 Å². The molecule has 20 heavy (non-hydrogen) atoms. The molecule has 1 aromatic carbocycles. The number of fused-ring (bicyclic) bond motifs is 3. The number of Topliss-reactive ketones (excluding diaryl/α,β-unsaturated/α-hetero) is 1. The van der Waals surface area contributed by atoms with Crippen molar-refractivity contribution in [2.75, 3.05) is 18.6 Å². The summed E-state index contributed by atoms with van der Waals surface area (Å²) in [5.41, 5.74) is 2.18. The van der Waals surface area contributed by atoms with Crippen molar-refractivity contribution in [2.24, 2.45) is 13.0 Å². The molecule has 0 N–H and O–H groups in total. The quantitative estimate of drug-likeness (QED) is 0.740. The van der Waals surface area contributed by atoms with Gasteiger partial charge in [0.25, 0.3) is 0 Å². The number of rotatable bonds is 0. The van der Waals surface area contributed by atoms with Gasteiger partial charge in [-0.05, 0) is 6.07 Å². The van der Waals surface area contributed by atoms with Gasteiger partial charge in [-0.3, -0.25) is 9.69 Å². The van der Waals surface area contributed by atoms with Gasteiger partial charge < -0.3 is 9.30 Å². The first-order valence-electron chi connectivity index (χ1n) is 6.53. The van der Waals surface area contributed by atoms with Crippen LogP contribution in [0.25, 0.3) is 10.9 Å². The van der Waals surface area contributed by atoms with Crippen LogP contribution in [0.1, 0.15) is 17.4 Å². The second-order valence-electron chi connectivity index (χ2n) is 5.12. The number of hydrogen-bond donors (Lipinski definition) is 0. The summed E-state index contributed by atoms with van der Waals surface area (Å²) in [5, 5.41) is 0.899. The Bertz CT molecular complexity index is 717. The average Bonchev–Trinajstić information content (AvgIpc) is 2.76. The lowest BCUT2D eigenvalue weighted by Gasteiger charge is -2.29. The number of hydrogen-bond acceptors (Lipinski definition) is 3. The van der Waals surface area contributed by atoms with Crippen LogP contribution in [0, 0.1) is 5.92 Å². The molecule has 0 aliphatic carbocycles. The molecule has 2 heterocycles. The van der Waals surface area contributed by atoms with Crippen molar-refractivity contribution < 1.29 is 14.3 Å². The molecular formula is C15H16N2O3. The van der Waals surface area contributed by atoms with Crippen molar-refractivity contribution in [3.63, 3.8) is 0 Å². The lowest BCUT2D eigenvalue weighted by atomic mass is 9.97. The third-order valence-corrected chi connectivity index (χ3v) is 3.88. The topological polar surface area (TPSA) is 51.5 Å². The third-order valence-electron chi connectivity index (χ3n) is 3.88.